The van der Waals surface area contributed by atoms with Gasteiger partial charge in [-0.3, -0.25) is 4.79 Å². The molecule has 0 fully saturated rings. The van der Waals surface area contributed by atoms with Crippen molar-refractivity contribution in [2.45, 2.75) is 13.8 Å². The Hall–Kier alpha value is -3.64. The average molecular weight is 352 g/mol. The van der Waals surface area contributed by atoms with Crippen molar-refractivity contribution in [3.8, 4) is 17.2 Å². The van der Waals surface area contributed by atoms with Gasteiger partial charge in [-0.1, -0.05) is 48.5 Å². The monoisotopic (exact) mass is 352 g/mol. The number of nitrogens with zero attached hydrogens (tertiary/aromatic N) is 1. The van der Waals surface area contributed by atoms with Crippen LogP contribution in [-0.4, -0.2) is 5.78 Å². The minimum Gasteiger partial charge on any atom is -0.399 e. The molecule has 3 aromatic carbocycles. The average Bonchev–Trinajstić information content (AvgIpc) is 2.71. The fourth-order valence-electron chi connectivity index (χ4n) is 2.97. The van der Waals surface area contributed by atoms with Crippen molar-refractivity contribution in [1.82, 2.24) is 0 Å². The third kappa shape index (κ3) is 3.80. The Bertz CT molecular complexity index is 1070. The van der Waals surface area contributed by atoms with E-state index in [-0.39, 0.29) is 5.78 Å². The Kier molecular flexibility index (Phi) is 5.19. The number of rotatable bonds is 4. The van der Waals surface area contributed by atoms with Crippen LogP contribution in [0.4, 0.5) is 5.69 Å². The van der Waals surface area contributed by atoms with E-state index in [4.69, 9.17) is 11.0 Å². The maximum Gasteiger partial charge on any atom is 0.186 e. The molecule has 27 heavy (non-hydrogen) atoms. The van der Waals surface area contributed by atoms with E-state index in [1.54, 1.807) is 18.2 Å². The summed E-state index contributed by atoms with van der Waals surface area (Å²) in [5, 5.41) is 8.96. The quantitative estimate of drug-likeness (QED) is 0.392. The molecule has 0 aromatic heterocycles. The van der Waals surface area contributed by atoms with Gasteiger partial charge in [-0.2, -0.15) is 5.26 Å². The number of nitrogen functional groups attached to an aromatic ring is 1. The number of nitriles is 1. The fraction of sp³-hybridized carbons (Fsp3) is 0.0833. The van der Waals surface area contributed by atoms with Crippen LogP contribution >= 0.6 is 0 Å². The lowest BCUT2D eigenvalue weighted by Crippen LogP contribution is -1.98. The lowest BCUT2D eigenvalue weighted by molar-refractivity contribution is 0.104. The molecule has 132 valence electrons. The minimum absolute atomic E-state index is 0.0659. The van der Waals surface area contributed by atoms with E-state index in [0.717, 1.165) is 33.5 Å². The molecular weight excluding hydrogens is 332 g/mol. The van der Waals surface area contributed by atoms with Crippen LogP contribution in [-0.2, 0) is 0 Å². The molecule has 2 N–H and O–H groups in total. The van der Waals surface area contributed by atoms with Crippen LogP contribution in [0.5, 0.6) is 0 Å². The van der Waals surface area contributed by atoms with E-state index in [1.807, 2.05) is 68.5 Å². The van der Waals surface area contributed by atoms with Gasteiger partial charge in [0.25, 0.3) is 0 Å². The predicted octanol–water partition coefficient (Wildman–Crippen LogP) is 5.32. The second kappa shape index (κ2) is 7.72. The second-order valence-corrected chi connectivity index (χ2v) is 6.43. The number of anilines is 1. The molecule has 0 aliphatic rings. The van der Waals surface area contributed by atoms with Gasteiger partial charge in [0.15, 0.2) is 5.78 Å². The highest BCUT2D eigenvalue weighted by Gasteiger charge is 2.10. The van der Waals surface area contributed by atoms with E-state index in [9.17, 15) is 4.79 Å². The molecule has 0 bridgehead atoms. The van der Waals surface area contributed by atoms with Crippen molar-refractivity contribution in [3.63, 3.8) is 0 Å². The molecule has 0 atom stereocenters. The Balaban J connectivity index is 1.94. The van der Waals surface area contributed by atoms with Crippen LogP contribution in [0.1, 0.15) is 32.6 Å². The molecule has 0 heterocycles. The van der Waals surface area contributed by atoms with Crippen LogP contribution in [0, 0.1) is 25.2 Å². The van der Waals surface area contributed by atoms with E-state index < -0.39 is 0 Å². The number of hydrogen-bond acceptors (Lipinski definition) is 3. The number of carbonyl (C=O) groups is 1. The van der Waals surface area contributed by atoms with Crippen LogP contribution in [0.25, 0.3) is 17.2 Å². The molecule has 0 radical (unpaired) electrons. The molecule has 0 unspecified atom stereocenters. The standard InChI is InChI=1S/C24H20N2O/c1-16-17(2)23(26)13-11-19(16)12-14-24(27)22-6-4-3-5-21(22)20-9-7-18(15-25)8-10-20/h3-14H,26H2,1-2H3. The largest absolute Gasteiger partial charge is 0.399 e. The number of hydrogen-bond donors (Lipinski definition) is 1. The number of nitrogens with two attached hydrogens (primary N) is 1. The molecule has 0 amide bonds. The molecule has 3 rings (SSSR count). The molecule has 3 heteroatoms. The number of allylic oxidation sites excluding steroid dienone is 1. The van der Waals surface area contributed by atoms with Crippen LogP contribution in [0.2, 0.25) is 0 Å². The molecule has 0 spiro atoms. The SMILES string of the molecule is Cc1c(N)ccc(C=CC(=O)c2ccccc2-c2ccc(C#N)cc2)c1C. The van der Waals surface area contributed by atoms with Gasteiger partial charge in [-0.25, -0.2) is 0 Å². The summed E-state index contributed by atoms with van der Waals surface area (Å²) in [6.45, 7) is 3.98. The summed E-state index contributed by atoms with van der Waals surface area (Å²) in [5.41, 5.74) is 12.7. The molecule has 3 nitrogen and oxygen atoms in total. The van der Waals surface area contributed by atoms with Crippen LogP contribution < -0.4 is 5.73 Å². The fourth-order valence-corrected chi connectivity index (χ4v) is 2.97. The molecule has 0 aliphatic carbocycles. The third-order valence-electron chi connectivity index (χ3n) is 4.80. The summed E-state index contributed by atoms with van der Waals surface area (Å²) in [7, 11) is 0. The lowest BCUT2D eigenvalue weighted by Gasteiger charge is -2.09. The highest BCUT2D eigenvalue weighted by molar-refractivity contribution is 6.11. The lowest BCUT2D eigenvalue weighted by atomic mass is 9.95. The Morgan fingerprint density at radius 1 is 0.963 bits per heavy atom. The predicted molar refractivity (Wildman–Crippen MR) is 110 cm³/mol. The maximum atomic E-state index is 12.8. The summed E-state index contributed by atoms with van der Waals surface area (Å²) < 4.78 is 0. The molecule has 0 saturated carbocycles. The van der Waals surface area contributed by atoms with Crippen LogP contribution in [0.3, 0.4) is 0 Å². The number of ketones is 1. The van der Waals surface area contributed by atoms with Gasteiger partial charge in [-0.15, -0.1) is 0 Å². The Morgan fingerprint density at radius 2 is 1.67 bits per heavy atom. The Morgan fingerprint density at radius 3 is 2.37 bits per heavy atom. The Labute approximate surface area is 159 Å². The zero-order chi connectivity index (χ0) is 19.4. The zero-order valence-corrected chi connectivity index (χ0v) is 15.4. The highest BCUT2D eigenvalue weighted by Crippen LogP contribution is 2.25. The normalized spacial score (nSPS) is 10.7. The summed E-state index contributed by atoms with van der Waals surface area (Å²) in [5.74, 6) is -0.0659. The number of carbonyl (C=O) groups excluding carboxylic acids is 1. The van der Waals surface area contributed by atoms with Gasteiger partial charge in [0, 0.05) is 11.3 Å². The van der Waals surface area contributed by atoms with Gasteiger partial charge in [0.05, 0.1) is 11.6 Å². The van der Waals surface area contributed by atoms with Gasteiger partial charge >= 0.3 is 0 Å². The van der Waals surface area contributed by atoms with Crippen molar-refractivity contribution in [2.24, 2.45) is 0 Å². The van der Waals surface area contributed by atoms with Crippen molar-refractivity contribution < 1.29 is 4.79 Å². The van der Waals surface area contributed by atoms with Crippen molar-refractivity contribution in [2.75, 3.05) is 5.73 Å². The van der Waals surface area contributed by atoms with E-state index in [1.165, 1.54) is 0 Å². The molecule has 0 saturated heterocycles. The molecular formula is C24H20N2O. The molecule has 0 aliphatic heterocycles. The summed E-state index contributed by atoms with van der Waals surface area (Å²) in [6.07, 6.45) is 3.43. The summed E-state index contributed by atoms with van der Waals surface area (Å²) >= 11 is 0. The molecule has 3 aromatic rings. The topological polar surface area (TPSA) is 66.9 Å². The van der Waals surface area contributed by atoms with Gasteiger partial charge in [0.1, 0.15) is 0 Å². The minimum atomic E-state index is -0.0659. The van der Waals surface area contributed by atoms with Gasteiger partial charge in [0.2, 0.25) is 0 Å². The number of benzene rings is 3. The zero-order valence-electron chi connectivity index (χ0n) is 15.4. The first-order valence-corrected chi connectivity index (χ1v) is 8.69. The maximum absolute atomic E-state index is 12.8. The first-order valence-electron chi connectivity index (χ1n) is 8.69. The summed E-state index contributed by atoms with van der Waals surface area (Å²) in [6, 6.07) is 20.6. The van der Waals surface area contributed by atoms with E-state index >= 15 is 0 Å². The highest BCUT2D eigenvalue weighted by atomic mass is 16.1. The van der Waals surface area contributed by atoms with E-state index in [0.29, 0.717) is 11.1 Å². The van der Waals surface area contributed by atoms with Crippen molar-refractivity contribution in [3.05, 3.63) is 94.6 Å². The van der Waals surface area contributed by atoms with E-state index in [2.05, 4.69) is 6.07 Å². The van der Waals surface area contributed by atoms with Crippen LogP contribution in [0.15, 0.2) is 66.7 Å². The summed E-state index contributed by atoms with van der Waals surface area (Å²) in [4.78, 5) is 12.8. The van der Waals surface area contributed by atoms with Crippen molar-refractivity contribution >= 4 is 17.5 Å². The smallest absolute Gasteiger partial charge is 0.186 e. The second-order valence-electron chi connectivity index (χ2n) is 6.43. The van der Waals surface area contributed by atoms with Gasteiger partial charge < -0.3 is 5.73 Å². The third-order valence-corrected chi connectivity index (χ3v) is 4.80. The van der Waals surface area contributed by atoms with Gasteiger partial charge in [-0.05, 0) is 65.9 Å². The first-order chi connectivity index (χ1) is 13.0. The first kappa shape index (κ1) is 18.2. The van der Waals surface area contributed by atoms with Crippen molar-refractivity contribution in [1.29, 1.82) is 5.26 Å².